The molecule has 1 amide bonds. The lowest BCUT2D eigenvalue weighted by Crippen LogP contribution is -3.08. The van der Waals surface area contributed by atoms with Crippen LogP contribution in [0.1, 0.15) is 4.88 Å². The normalized spacial score (nSPS) is 11.8. The minimum absolute atomic E-state index is 0.0609. The first-order chi connectivity index (χ1) is 12.6. The van der Waals surface area contributed by atoms with Crippen LogP contribution in [0.5, 0.6) is 11.5 Å². The third-order valence-electron chi connectivity index (χ3n) is 3.70. The van der Waals surface area contributed by atoms with Crippen molar-refractivity contribution < 1.29 is 14.4 Å². The molecule has 2 N–H and O–H groups in total. The van der Waals surface area contributed by atoms with Crippen LogP contribution >= 0.6 is 22.9 Å². The van der Waals surface area contributed by atoms with Gasteiger partial charge in [-0.1, -0.05) is 41.9 Å². The molecule has 26 heavy (non-hydrogen) atoms. The highest BCUT2D eigenvalue weighted by atomic mass is 35.5. The summed E-state index contributed by atoms with van der Waals surface area (Å²) in [5.74, 6) is 1.29. The third kappa shape index (κ3) is 5.33. The lowest BCUT2D eigenvalue weighted by Gasteiger charge is -2.15. The lowest BCUT2D eigenvalue weighted by molar-refractivity contribution is -0.884. The minimum Gasteiger partial charge on any atom is -0.455 e. The number of quaternary nitrogens is 1. The summed E-state index contributed by atoms with van der Waals surface area (Å²) < 4.78 is 6.65. The molecule has 4 nitrogen and oxygen atoms in total. The zero-order valence-electron chi connectivity index (χ0n) is 14.4. The van der Waals surface area contributed by atoms with Crippen LogP contribution in [-0.2, 0) is 11.3 Å². The fourth-order valence-corrected chi connectivity index (χ4v) is 3.75. The van der Waals surface area contributed by atoms with Crippen LogP contribution in [0.25, 0.3) is 0 Å². The van der Waals surface area contributed by atoms with E-state index in [1.165, 1.54) is 0 Å². The molecule has 2 aromatic carbocycles. The van der Waals surface area contributed by atoms with Crippen molar-refractivity contribution in [2.75, 3.05) is 18.9 Å². The number of benzene rings is 2. The standard InChI is InChI=1S/C20H19ClN2O2S/c1-23(13-16-11-12-19(21)26-16)14-20(24)22-17-9-5-6-10-18(17)25-15-7-3-2-4-8-15/h2-12H,13-14H2,1H3,(H,22,24)/p+1. The molecule has 3 aromatic rings. The molecule has 3 rings (SSSR count). The molecule has 1 unspecified atom stereocenters. The molecule has 0 saturated heterocycles. The van der Waals surface area contributed by atoms with E-state index in [1.54, 1.807) is 11.3 Å². The van der Waals surface area contributed by atoms with Crippen molar-refractivity contribution >= 4 is 34.5 Å². The summed E-state index contributed by atoms with van der Waals surface area (Å²) in [5.41, 5.74) is 0.660. The Hall–Kier alpha value is -2.34. The van der Waals surface area contributed by atoms with Crippen molar-refractivity contribution in [3.05, 3.63) is 75.9 Å². The van der Waals surface area contributed by atoms with E-state index < -0.39 is 0 Å². The van der Waals surface area contributed by atoms with Gasteiger partial charge in [-0.05, 0) is 36.4 Å². The van der Waals surface area contributed by atoms with Gasteiger partial charge >= 0.3 is 0 Å². The summed E-state index contributed by atoms with van der Waals surface area (Å²) in [7, 11) is 1.99. The SMILES string of the molecule is C[NH+](CC(=O)Nc1ccccc1Oc1ccccc1)Cc1ccc(Cl)s1. The molecule has 0 aliphatic heterocycles. The second kappa shape index (κ2) is 8.85. The maximum Gasteiger partial charge on any atom is 0.279 e. The van der Waals surface area contributed by atoms with Crippen LogP contribution in [0.4, 0.5) is 5.69 Å². The molecule has 1 heterocycles. The van der Waals surface area contributed by atoms with Gasteiger partial charge in [0.2, 0.25) is 0 Å². The number of amides is 1. The Morgan fingerprint density at radius 2 is 1.81 bits per heavy atom. The summed E-state index contributed by atoms with van der Waals surface area (Å²) in [6.07, 6.45) is 0. The fourth-order valence-electron chi connectivity index (χ4n) is 2.55. The van der Waals surface area contributed by atoms with Gasteiger partial charge < -0.3 is 15.0 Å². The number of para-hydroxylation sites is 3. The number of thiophene rings is 1. The highest BCUT2D eigenvalue weighted by molar-refractivity contribution is 7.16. The van der Waals surface area contributed by atoms with E-state index in [9.17, 15) is 4.79 Å². The predicted molar refractivity (Wildman–Crippen MR) is 106 cm³/mol. The second-order valence-corrected chi connectivity index (χ2v) is 7.78. The molecule has 1 atom stereocenters. The molecule has 0 aliphatic carbocycles. The molecular weight excluding hydrogens is 368 g/mol. The highest BCUT2D eigenvalue weighted by Gasteiger charge is 2.14. The number of halogens is 1. The summed E-state index contributed by atoms with van der Waals surface area (Å²) in [6.45, 7) is 1.11. The number of hydrogen-bond acceptors (Lipinski definition) is 3. The summed E-state index contributed by atoms with van der Waals surface area (Å²) >= 11 is 7.50. The number of nitrogens with one attached hydrogen (secondary N) is 2. The fraction of sp³-hybridized carbons (Fsp3) is 0.150. The average molecular weight is 388 g/mol. The zero-order valence-corrected chi connectivity index (χ0v) is 15.9. The van der Waals surface area contributed by atoms with Crippen molar-refractivity contribution in [3.8, 4) is 11.5 Å². The van der Waals surface area contributed by atoms with Gasteiger partial charge in [0, 0.05) is 0 Å². The second-order valence-electron chi connectivity index (χ2n) is 5.98. The van der Waals surface area contributed by atoms with Crippen LogP contribution in [-0.4, -0.2) is 19.5 Å². The molecule has 1 aromatic heterocycles. The van der Waals surface area contributed by atoms with Gasteiger partial charge in [0.1, 0.15) is 12.3 Å². The number of ether oxygens (including phenoxy) is 1. The Kier molecular flexibility index (Phi) is 6.28. The van der Waals surface area contributed by atoms with Crippen molar-refractivity contribution in [2.45, 2.75) is 6.54 Å². The van der Waals surface area contributed by atoms with Gasteiger partial charge in [-0.15, -0.1) is 11.3 Å². The van der Waals surface area contributed by atoms with E-state index in [2.05, 4.69) is 5.32 Å². The molecule has 134 valence electrons. The first kappa shape index (κ1) is 18.5. The lowest BCUT2D eigenvalue weighted by atomic mass is 10.2. The van der Waals surface area contributed by atoms with Crippen LogP contribution in [0.3, 0.4) is 0 Å². The molecule has 0 fully saturated rings. The smallest absolute Gasteiger partial charge is 0.279 e. The predicted octanol–water partition coefficient (Wildman–Crippen LogP) is 3.85. The Morgan fingerprint density at radius 1 is 1.08 bits per heavy atom. The van der Waals surface area contributed by atoms with E-state index >= 15 is 0 Å². The first-order valence-corrected chi connectivity index (χ1v) is 9.47. The summed E-state index contributed by atoms with van der Waals surface area (Å²) in [5, 5.41) is 2.95. The van der Waals surface area contributed by atoms with Crippen molar-refractivity contribution in [1.82, 2.24) is 0 Å². The highest BCUT2D eigenvalue weighted by Crippen LogP contribution is 2.28. The zero-order chi connectivity index (χ0) is 18.4. The largest absolute Gasteiger partial charge is 0.455 e. The van der Waals surface area contributed by atoms with Crippen LogP contribution < -0.4 is 15.0 Å². The summed E-state index contributed by atoms with van der Waals surface area (Å²) in [6, 6.07) is 20.8. The molecule has 0 radical (unpaired) electrons. The number of likely N-dealkylation sites (N-methyl/N-ethyl adjacent to an activating group) is 1. The van der Waals surface area contributed by atoms with Crippen molar-refractivity contribution in [2.24, 2.45) is 0 Å². The van der Waals surface area contributed by atoms with Crippen molar-refractivity contribution in [3.63, 3.8) is 0 Å². The molecule has 0 aliphatic rings. The van der Waals surface area contributed by atoms with Gasteiger partial charge in [0.25, 0.3) is 5.91 Å². The topological polar surface area (TPSA) is 42.8 Å². The van der Waals surface area contributed by atoms with Gasteiger partial charge in [-0.2, -0.15) is 0 Å². The first-order valence-electron chi connectivity index (χ1n) is 8.27. The maximum absolute atomic E-state index is 12.4. The van der Waals surface area contributed by atoms with E-state index in [0.29, 0.717) is 18.0 Å². The average Bonchev–Trinajstić information content (AvgIpc) is 3.02. The van der Waals surface area contributed by atoms with Gasteiger partial charge in [-0.25, -0.2) is 0 Å². The number of carbonyl (C=O) groups excluding carboxylic acids is 1. The van der Waals surface area contributed by atoms with Crippen LogP contribution in [0, 0.1) is 0 Å². The van der Waals surface area contributed by atoms with Gasteiger partial charge in [-0.3, -0.25) is 4.79 Å². The quantitative estimate of drug-likeness (QED) is 0.646. The van der Waals surface area contributed by atoms with Crippen molar-refractivity contribution in [1.29, 1.82) is 0 Å². The minimum atomic E-state index is -0.0609. The van der Waals surface area contributed by atoms with E-state index in [1.807, 2.05) is 73.8 Å². The van der Waals surface area contributed by atoms with E-state index in [0.717, 1.165) is 26.4 Å². The van der Waals surface area contributed by atoms with E-state index in [-0.39, 0.29) is 5.91 Å². The molecular formula is C20H20ClN2O2S+. The molecule has 0 bridgehead atoms. The number of hydrogen-bond donors (Lipinski definition) is 2. The Labute approximate surface area is 162 Å². The van der Waals surface area contributed by atoms with Crippen LogP contribution in [0.15, 0.2) is 66.7 Å². The van der Waals surface area contributed by atoms with Gasteiger partial charge in [0.15, 0.2) is 12.3 Å². The number of rotatable bonds is 7. The van der Waals surface area contributed by atoms with E-state index in [4.69, 9.17) is 16.3 Å². The molecule has 0 spiro atoms. The Balaban J connectivity index is 1.60. The molecule has 6 heteroatoms. The number of carbonyl (C=O) groups is 1. The van der Waals surface area contributed by atoms with Crippen LogP contribution in [0.2, 0.25) is 4.34 Å². The monoisotopic (exact) mass is 387 g/mol. The Morgan fingerprint density at radius 3 is 2.54 bits per heavy atom. The Bertz CT molecular complexity index is 867. The molecule has 0 saturated carbocycles. The third-order valence-corrected chi connectivity index (χ3v) is 4.93. The van der Waals surface area contributed by atoms with Gasteiger partial charge in [0.05, 0.1) is 21.9 Å². The maximum atomic E-state index is 12.4. The summed E-state index contributed by atoms with van der Waals surface area (Å²) in [4.78, 5) is 14.7. The number of anilines is 1.